The molecule has 8 atom stereocenters. The van der Waals surface area contributed by atoms with Crippen molar-refractivity contribution in [2.24, 2.45) is 45.6 Å². The average Bonchev–Trinajstić information content (AvgIpc) is 3.20. The van der Waals surface area contributed by atoms with E-state index in [2.05, 4.69) is 41.6 Å². The molecule has 0 aliphatic heterocycles. The molecule has 0 bridgehead atoms. The van der Waals surface area contributed by atoms with E-state index in [1.165, 1.54) is 5.57 Å². The molecule has 0 unspecified atom stereocenters. The molecule has 4 rings (SSSR count). The van der Waals surface area contributed by atoms with Crippen LogP contribution in [0.5, 0.6) is 0 Å². The topological polar surface area (TPSA) is 137 Å². The highest BCUT2D eigenvalue weighted by Crippen LogP contribution is 2.67. The molecule has 2 amide bonds. The van der Waals surface area contributed by atoms with Gasteiger partial charge >= 0.3 is 5.97 Å². The number of aliphatic carboxylic acids is 1. The zero-order chi connectivity index (χ0) is 31.0. The largest absolute Gasteiger partial charge is 0.480 e. The average molecular weight is 584 g/mol. The maximum Gasteiger partial charge on any atom is 0.326 e. The molecule has 0 aromatic heterocycles. The number of carboxylic acid groups (broad SMARTS) is 1. The van der Waals surface area contributed by atoms with Crippen LogP contribution in [0.25, 0.3) is 0 Å². The number of rotatable bonds is 9. The second kappa shape index (κ2) is 12.0. The first-order valence-corrected chi connectivity index (χ1v) is 15.6. The van der Waals surface area contributed by atoms with E-state index in [0.29, 0.717) is 24.2 Å². The van der Waals surface area contributed by atoms with E-state index in [4.69, 9.17) is 11.3 Å². The van der Waals surface area contributed by atoms with Crippen LogP contribution in [-0.4, -0.2) is 58.0 Å². The molecule has 9 nitrogen and oxygen atoms in total. The summed E-state index contributed by atoms with van der Waals surface area (Å²) in [5.41, 5.74) is 1.09. The Morgan fingerprint density at radius 1 is 1.02 bits per heavy atom. The number of fused-ring (bicyclic) bond motifs is 5. The van der Waals surface area contributed by atoms with E-state index in [1.54, 1.807) is 27.7 Å². The van der Waals surface area contributed by atoms with Crippen LogP contribution >= 0.6 is 0 Å². The van der Waals surface area contributed by atoms with Crippen molar-refractivity contribution in [3.05, 3.63) is 11.6 Å². The van der Waals surface area contributed by atoms with Gasteiger partial charge in [-0.05, 0) is 92.4 Å². The summed E-state index contributed by atoms with van der Waals surface area (Å²) in [7, 11) is 0. The first-order valence-electron chi connectivity index (χ1n) is 15.6. The van der Waals surface area contributed by atoms with Gasteiger partial charge in [-0.15, -0.1) is 6.42 Å². The summed E-state index contributed by atoms with van der Waals surface area (Å²) in [5.74, 6) is 1.62. The molecular weight excluding hydrogens is 534 g/mol. The highest BCUT2D eigenvalue weighted by Gasteiger charge is 2.63. The molecule has 3 fully saturated rings. The van der Waals surface area contributed by atoms with Crippen LogP contribution in [0.3, 0.4) is 0 Å². The summed E-state index contributed by atoms with van der Waals surface area (Å²) >= 11 is 0. The van der Waals surface area contributed by atoms with Crippen LogP contribution in [0.15, 0.2) is 16.8 Å². The minimum absolute atomic E-state index is 0.0825. The predicted octanol–water partition coefficient (Wildman–Crippen LogP) is 4.05. The van der Waals surface area contributed by atoms with Gasteiger partial charge in [0.1, 0.15) is 17.7 Å². The second-order valence-corrected chi connectivity index (χ2v) is 14.2. The number of amides is 2. The SMILES string of the molecule is C#C[C@@]1(O)CC[C@@H]2[C@@H]3CCC4=C/C(=N/OCC(=O)N[C@@H](C(=O)N[C@H](C(=O)O)C(C)C)C(C)C)CC[C@]4(C)[C@@H]3CC[C@@]21C. The van der Waals surface area contributed by atoms with Crippen LogP contribution < -0.4 is 10.6 Å². The van der Waals surface area contributed by atoms with Crippen LogP contribution in [0, 0.1) is 52.8 Å². The fourth-order valence-corrected chi connectivity index (χ4v) is 8.58. The summed E-state index contributed by atoms with van der Waals surface area (Å²) in [6.07, 6.45) is 15.5. The number of allylic oxidation sites excluding steroid dienone is 2. The van der Waals surface area contributed by atoms with Gasteiger partial charge in [0, 0.05) is 5.41 Å². The number of nitrogens with one attached hydrogen (secondary N) is 2. The number of hydrogen-bond acceptors (Lipinski definition) is 6. The monoisotopic (exact) mass is 583 g/mol. The van der Waals surface area contributed by atoms with Gasteiger partial charge in [-0.25, -0.2) is 4.79 Å². The van der Waals surface area contributed by atoms with E-state index in [1.807, 2.05) is 0 Å². The molecule has 0 aromatic carbocycles. The van der Waals surface area contributed by atoms with E-state index in [9.17, 15) is 24.6 Å². The summed E-state index contributed by atoms with van der Waals surface area (Å²) in [5, 5.41) is 30.1. The molecule has 42 heavy (non-hydrogen) atoms. The summed E-state index contributed by atoms with van der Waals surface area (Å²) in [6.45, 7) is 11.3. The Balaban J connectivity index is 1.36. The minimum Gasteiger partial charge on any atom is -0.480 e. The van der Waals surface area contributed by atoms with Crippen molar-refractivity contribution in [3.8, 4) is 12.3 Å². The molecule has 4 aliphatic rings. The molecule has 0 radical (unpaired) electrons. The van der Waals surface area contributed by atoms with Gasteiger partial charge < -0.3 is 25.7 Å². The number of nitrogens with zero attached hydrogens (tertiary/aromatic N) is 1. The van der Waals surface area contributed by atoms with Crippen LogP contribution in [-0.2, 0) is 19.2 Å². The van der Waals surface area contributed by atoms with E-state index < -0.39 is 35.5 Å². The van der Waals surface area contributed by atoms with E-state index in [0.717, 1.165) is 50.7 Å². The van der Waals surface area contributed by atoms with E-state index in [-0.39, 0.29) is 29.3 Å². The van der Waals surface area contributed by atoms with Crippen molar-refractivity contribution in [2.75, 3.05) is 6.61 Å². The summed E-state index contributed by atoms with van der Waals surface area (Å²) < 4.78 is 0. The molecule has 4 aliphatic carbocycles. The van der Waals surface area contributed by atoms with Crippen LogP contribution in [0.2, 0.25) is 0 Å². The molecule has 9 heteroatoms. The Hall–Kier alpha value is -2.86. The van der Waals surface area contributed by atoms with Crippen molar-refractivity contribution >= 4 is 23.5 Å². The molecule has 3 saturated carbocycles. The van der Waals surface area contributed by atoms with Gasteiger partial charge in [-0.2, -0.15) is 0 Å². The lowest BCUT2D eigenvalue weighted by Gasteiger charge is -2.58. The standard InChI is InChI=1S/C33H49N3O6/c1-8-33(41)16-13-25-23-10-9-21-17-22(11-14-31(21,6)24(23)12-15-32(25,33)7)36-42-18-26(37)34-27(19(2)3)29(38)35-28(20(4)5)30(39)40/h1,17,19-20,23-25,27-28,41H,9-16,18H2,2-7H3,(H,34,37)(H,35,38)(H,39,40)/b36-22+/t23-,24-,25-,27-,28+,31+,32+,33-/m1/s1. The third-order valence-corrected chi connectivity index (χ3v) is 11.2. The van der Waals surface area contributed by atoms with Crippen LogP contribution in [0.1, 0.15) is 92.9 Å². The fraction of sp³-hybridized carbons (Fsp3) is 0.758. The van der Waals surface area contributed by atoms with Crippen molar-refractivity contribution in [2.45, 2.75) is 111 Å². The maximum atomic E-state index is 12.8. The molecule has 4 N–H and O–H groups in total. The number of carbonyl (C=O) groups excluding carboxylic acids is 2. The zero-order valence-corrected chi connectivity index (χ0v) is 26.0. The lowest BCUT2D eigenvalue weighted by atomic mass is 9.46. The van der Waals surface area contributed by atoms with Gasteiger partial charge in [-0.3, -0.25) is 9.59 Å². The first kappa shape index (κ1) is 32.1. The quantitative estimate of drug-likeness (QED) is 0.239. The summed E-state index contributed by atoms with van der Waals surface area (Å²) in [6, 6.07) is -1.93. The third kappa shape index (κ3) is 5.71. The lowest BCUT2D eigenvalue weighted by Crippen LogP contribution is -2.55. The Kier molecular flexibility index (Phi) is 9.18. The number of terminal acetylenes is 1. The zero-order valence-electron chi connectivity index (χ0n) is 26.0. The van der Waals surface area contributed by atoms with Gasteiger partial charge in [0.05, 0.1) is 5.71 Å². The lowest BCUT2D eigenvalue weighted by molar-refractivity contribution is -0.143. The molecule has 0 aromatic rings. The predicted molar refractivity (Wildman–Crippen MR) is 160 cm³/mol. The Labute approximate surface area is 250 Å². The number of carbonyl (C=O) groups is 3. The molecule has 232 valence electrons. The Morgan fingerprint density at radius 2 is 1.69 bits per heavy atom. The number of carboxylic acids is 1. The fourth-order valence-electron chi connectivity index (χ4n) is 8.58. The maximum absolute atomic E-state index is 12.8. The van der Waals surface area contributed by atoms with Crippen LogP contribution in [0.4, 0.5) is 0 Å². The molecular formula is C33H49N3O6. The van der Waals surface area contributed by atoms with Gasteiger partial charge in [0.25, 0.3) is 5.91 Å². The molecule has 0 heterocycles. The van der Waals surface area contributed by atoms with Crippen molar-refractivity contribution in [3.63, 3.8) is 0 Å². The molecule has 0 spiro atoms. The van der Waals surface area contributed by atoms with E-state index >= 15 is 0 Å². The van der Waals surface area contributed by atoms with Gasteiger partial charge in [0.2, 0.25) is 5.91 Å². The third-order valence-electron chi connectivity index (χ3n) is 11.2. The van der Waals surface area contributed by atoms with Crippen molar-refractivity contribution in [1.29, 1.82) is 0 Å². The number of aliphatic hydroxyl groups is 1. The first-order chi connectivity index (χ1) is 19.7. The van der Waals surface area contributed by atoms with Crippen molar-refractivity contribution < 1.29 is 29.4 Å². The van der Waals surface area contributed by atoms with Crippen molar-refractivity contribution in [1.82, 2.24) is 10.6 Å². The number of oxime groups is 1. The summed E-state index contributed by atoms with van der Waals surface area (Å²) in [4.78, 5) is 42.3. The Morgan fingerprint density at radius 3 is 2.31 bits per heavy atom. The van der Waals surface area contributed by atoms with Gasteiger partial charge in [0.15, 0.2) is 6.61 Å². The minimum atomic E-state index is -1.12. The molecule has 0 saturated heterocycles. The smallest absolute Gasteiger partial charge is 0.326 e. The highest BCUT2D eigenvalue weighted by molar-refractivity contribution is 5.96. The van der Waals surface area contributed by atoms with Gasteiger partial charge in [-0.1, -0.05) is 58.2 Å². The second-order valence-electron chi connectivity index (χ2n) is 14.2. The highest BCUT2D eigenvalue weighted by atomic mass is 16.6. The number of hydrogen-bond donors (Lipinski definition) is 4. The Bertz CT molecular complexity index is 1190. The normalized spacial score (nSPS) is 36.1.